The lowest BCUT2D eigenvalue weighted by molar-refractivity contribution is -0.122. The molecule has 2 saturated carbocycles. The molecule has 0 unspecified atom stereocenters. The van der Waals surface area contributed by atoms with Gasteiger partial charge in [-0.1, -0.05) is 46.8 Å². The minimum absolute atomic E-state index is 0.169. The molecule has 0 heterocycles. The first-order valence-corrected chi connectivity index (χ1v) is 12.1. The van der Waals surface area contributed by atoms with Gasteiger partial charge in [0.15, 0.2) is 5.78 Å². The Labute approximate surface area is 177 Å². The molecule has 0 amide bonds. The Morgan fingerprint density at radius 1 is 1.10 bits per heavy atom. The Balaban J connectivity index is 1.53. The maximum atomic E-state index is 12.2. The number of ketones is 2. The number of carbonyl (C=O) groups is 2. The second kappa shape index (κ2) is 7.50. The third kappa shape index (κ3) is 3.39. The summed E-state index contributed by atoms with van der Waals surface area (Å²) < 4.78 is 0. The van der Waals surface area contributed by atoms with Crippen molar-refractivity contribution in [3.05, 3.63) is 23.8 Å². The monoisotopic (exact) mass is 396 g/mol. The smallest absolute Gasteiger partial charge is 0.156 e. The Hall–Kier alpha value is -1.18. The molecule has 4 aliphatic rings. The van der Waals surface area contributed by atoms with Crippen LogP contribution in [0.25, 0.3) is 0 Å². The van der Waals surface area contributed by atoms with Gasteiger partial charge in [-0.3, -0.25) is 9.59 Å². The molecule has 0 aromatic rings. The summed E-state index contributed by atoms with van der Waals surface area (Å²) in [7, 11) is 0. The van der Waals surface area contributed by atoms with Crippen LogP contribution in [0.15, 0.2) is 23.8 Å². The summed E-state index contributed by atoms with van der Waals surface area (Å²) in [6.07, 6.45) is 15.6. The summed E-state index contributed by atoms with van der Waals surface area (Å²) in [6, 6.07) is 0. The summed E-state index contributed by atoms with van der Waals surface area (Å²) >= 11 is 0. The van der Waals surface area contributed by atoms with Crippen molar-refractivity contribution in [2.75, 3.05) is 0 Å². The number of hydrogen-bond donors (Lipinski definition) is 0. The molecule has 2 heteroatoms. The lowest BCUT2D eigenvalue weighted by Crippen LogP contribution is -2.49. The minimum Gasteiger partial charge on any atom is -0.299 e. The molecule has 0 aliphatic heterocycles. The Bertz CT molecular complexity index is 744. The normalized spacial score (nSPS) is 42.1. The van der Waals surface area contributed by atoms with Gasteiger partial charge in [0.05, 0.1) is 0 Å². The van der Waals surface area contributed by atoms with E-state index in [9.17, 15) is 9.59 Å². The molecule has 4 rings (SSSR count). The predicted octanol–water partition coefficient (Wildman–Crippen LogP) is 6.55. The lowest BCUT2D eigenvalue weighted by atomic mass is 9.48. The highest BCUT2D eigenvalue weighted by molar-refractivity contribution is 5.92. The summed E-state index contributed by atoms with van der Waals surface area (Å²) in [5.41, 5.74) is 1.91. The van der Waals surface area contributed by atoms with Gasteiger partial charge in [0, 0.05) is 18.8 Å². The van der Waals surface area contributed by atoms with E-state index < -0.39 is 0 Å². The van der Waals surface area contributed by atoms with Gasteiger partial charge >= 0.3 is 0 Å². The Morgan fingerprint density at radius 3 is 2.59 bits per heavy atom. The van der Waals surface area contributed by atoms with Crippen LogP contribution in [0.4, 0.5) is 0 Å². The van der Waals surface area contributed by atoms with Gasteiger partial charge in [0.1, 0.15) is 5.78 Å². The molecule has 160 valence electrons. The first kappa shape index (κ1) is 21.1. The zero-order chi connectivity index (χ0) is 21.0. The molecule has 2 nitrogen and oxygen atoms in total. The Morgan fingerprint density at radius 2 is 1.86 bits per heavy atom. The molecule has 29 heavy (non-hydrogen) atoms. The zero-order valence-corrected chi connectivity index (χ0v) is 19.2. The molecule has 0 N–H and O–H groups in total. The van der Waals surface area contributed by atoms with Crippen molar-refractivity contribution in [2.24, 2.45) is 46.3 Å². The van der Waals surface area contributed by atoms with Gasteiger partial charge in [-0.15, -0.1) is 0 Å². The van der Waals surface area contributed by atoms with E-state index in [-0.39, 0.29) is 11.3 Å². The first-order chi connectivity index (χ1) is 13.7. The van der Waals surface area contributed by atoms with E-state index >= 15 is 0 Å². The third-order valence-electron chi connectivity index (χ3n) is 9.77. The number of carbonyl (C=O) groups excluding carboxylic acids is 2. The van der Waals surface area contributed by atoms with Crippen LogP contribution in [-0.4, -0.2) is 11.6 Å². The van der Waals surface area contributed by atoms with Gasteiger partial charge in [0.25, 0.3) is 0 Å². The lowest BCUT2D eigenvalue weighted by Gasteiger charge is -2.56. The number of hydrogen-bond acceptors (Lipinski definition) is 2. The van der Waals surface area contributed by atoms with Crippen molar-refractivity contribution in [2.45, 2.75) is 86.0 Å². The van der Waals surface area contributed by atoms with Crippen molar-refractivity contribution < 1.29 is 9.59 Å². The van der Waals surface area contributed by atoms with Crippen LogP contribution in [0.2, 0.25) is 0 Å². The van der Waals surface area contributed by atoms with Gasteiger partial charge in [-0.25, -0.2) is 0 Å². The summed E-state index contributed by atoms with van der Waals surface area (Å²) in [5, 5.41) is 0. The number of fused-ring (bicyclic) bond motifs is 5. The average molecular weight is 397 g/mol. The van der Waals surface area contributed by atoms with Crippen molar-refractivity contribution in [3.8, 4) is 0 Å². The maximum Gasteiger partial charge on any atom is 0.156 e. The van der Waals surface area contributed by atoms with E-state index in [1.807, 2.05) is 19.9 Å². The van der Waals surface area contributed by atoms with Crippen molar-refractivity contribution >= 4 is 11.6 Å². The Kier molecular flexibility index (Phi) is 5.45. The van der Waals surface area contributed by atoms with Gasteiger partial charge < -0.3 is 0 Å². The van der Waals surface area contributed by atoms with E-state index in [1.165, 1.54) is 31.3 Å². The number of rotatable bonds is 5. The number of allylic oxidation sites excluding steroid dienone is 4. The summed E-state index contributed by atoms with van der Waals surface area (Å²) in [4.78, 5) is 24.2. The van der Waals surface area contributed by atoms with Crippen LogP contribution in [0.5, 0.6) is 0 Å². The fourth-order valence-corrected chi connectivity index (χ4v) is 7.83. The van der Waals surface area contributed by atoms with Crippen LogP contribution >= 0.6 is 0 Å². The fraction of sp³-hybridized carbons (Fsp3) is 0.778. The van der Waals surface area contributed by atoms with Crippen LogP contribution < -0.4 is 0 Å². The van der Waals surface area contributed by atoms with Crippen molar-refractivity contribution in [1.82, 2.24) is 0 Å². The molecule has 0 bridgehead atoms. The van der Waals surface area contributed by atoms with E-state index in [0.717, 1.165) is 37.5 Å². The average Bonchev–Trinajstić information content (AvgIpc) is 3.03. The highest BCUT2D eigenvalue weighted by Gasteiger charge is 2.58. The first-order valence-electron chi connectivity index (χ1n) is 12.1. The largest absolute Gasteiger partial charge is 0.299 e. The minimum atomic E-state index is 0.169. The molecular weight excluding hydrogens is 356 g/mol. The highest BCUT2D eigenvalue weighted by atomic mass is 16.1. The van der Waals surface area contributed by atoms with Crippen molar-refractivity contribution in [3.63, 3.8) is 0 Å². The SMILES string of the molecule is CC(C)C(=O)CC[C@@H](C)[C@H]1CC[C@H]2[C@@H]3C=CC4=CC(=O)CC[C@]4(C)[C@H]3CC[C@]12C. The van der Waals surface area contributed by atoms with Crippen molar-refractivity contribution in [1.29, 1.82) is 0 Å². The van der Waals surface area contributed by atoms with E-state index in [0.29, 0.717) is 34.7 Å². The topological polar surface area (TPSA) is 34.1 Å². The van der Waals surface area contributed by atoms with Gasteiger partial charge in [-0.2, -0.15) is 0 Å². The molecule has 0 radical (unpaired) electrons. The molecule has 0 aromatic heterocycles. The van der Waals surface area contributed by atoms with E-state index in [2.05, 4.69) is 32.9 Å². The van der Waals surface area contributed by atoms with Crippen LogP contribution in [0, 0.1) is 46.3 Å². The maximum absolute atomic E-state index is 12.2. The predicted molar refractivity (Wildman–Crippen MR) is 118 cm³/mol. The molecule has 4 aliphatic carbocycles. The van der Waals surface area contributed by atoms with Crippen LogP contribution in [0.1, 0.15) is 86.0 Å². The molecule has 0 saturated heterocycles. The summed E-state index contributed by atoms with van der Waals surface area (Å²) in [5.74, 6) is 4.42. The summed E-state index contributed by atoms with van der Waals surface area (Å²) in [6.45, 7) is 11.5. The molecular formula is C27H40O2. The zero-order valence-electron chi connectivity index (χ0n) is 19.2. The van der Waals surface area contributed by atoms with E-state index in [4.69, 9.17) is 0 Å². The highest BCUT2D eigenvalue weighted by Crippen LogP contribution is 2.66. The van der Waals surface area contributed by atoms with Crippen LogP contribution in [0.3, 0.4) is 0 Å². The fourth-order valence-electron chi connectivity index (χ4n) is 7.83. The van der Waals surface area contributed by atoms with Gasteiger partial charge in [0.2, 0.25) is 0 Å². The van der Waals surface area contributed by atoms with E-state index in [1.54, 1.807) is 0 Å². The molecule has 2 fully saturated rings. The number of Topliss-reactive ketones (excluding diaryl/α,β-unsaturated/α-hetero) is 1. The third-order valence-corrected chi connectivity index (χ3v) is 9.77. The standard InChI is InChI=1S/C27H40O2/c1-17(2)25(29)11-6-18(3)22-9-10-23-21-8-7-19-16-20(28)12-14-26(19,4)24(21)13-15-27(22,23)5/h7-8,16-18,21-24H,6,9-15H2,1-5H3/t18-,21+,22-,23+,24+,26+,27-/m1/s1. The molecule has 0 aromatic carbocycles. The van der Waals surface area contributed by atoms with Gasteiger partial charge in [-0.05, 0) is 90.6 Å². The van der Waals surface area contributed by atoms with Crippen LogP contribution in [-0.2, 0) is 9.59 Å². The quantitative estimate of drug-likeness (QED) is 0.528. The second-order valence-electron chi connectivity index (χ2n) is 11.5. The molecule has 0 spiro atoms. The second-order valence-corrected chi connectivity index (χ2v) is 11.5. The molecule has 7 atom stereocenters.